The largest absolute Gasteiger partial charge is 0.480 e. The van der Waals surface area contributed by atoms with Gasteiger partial charge in [0.2, 0.25) is 0 Å². The Balaban J connectivity index is 3.71. The van der Waals surface area contributed by atoms with Crippen molar-refractivity contribution in [1.29, 1.82) is 0 Å². The summed E-state index contributed by atoms with van der Waals surface area (Å²) in [6, 6.07) is -0.684. The maximum Gasteiger partial charge on any atom is 0.320 e. The van der Waals surface area contributed by atoms with Crippen LogP contribution in [-0.2, 0) is 4.79 Å². The number of nitrogens with one attached hydrogen (secondary N) is 1. The van der Waals surface area contributed by atoms with Crippen molar-refractivity contribution in [2.45, 2.75) is 32.1 Å². The Morgan fingerprint density at radius 2 is 2.00 bits per heavy atom. The monoisotopic (exact) mass is 177 g/mol. The van der Waals surface area contributed by atoms with Crippen LogP contribution in [0.25, 0.3) is 0 Å². The van der Waals surface area contributed by atoms with Gasteiger partial charge >= 0.3 is 5.97 Å². The SMILES string of the molecule is CCN[C@H](CCC(O)O)C(=O)O. The molecule has 5 nitrogen and oxygen atoms in total. The van der Waals surface area contributed by atoms with Gasteiger partial charge in [-0.05, 0) is 19.4 Å². The van der Waals surface area contributed by atoms with E-state index in [9.17, 15) is 4.79 Å². The quantitative estimate of drug-likeness (QED) is 0.396. The number of aliphatic hydroxyl groups is 2. The molecule has 0 rings (SSSR count). The second-order valence-corrected chi connectivity index (χ2v) is 2.51. The molecular weight excluding hydrogens is 162 g/mol. The maximum absolute atomic E-state index is 10.5. The summed E-state index contributed by atoms with van der Waals surface area (Å²) in [7, 11) is 0. The molecule has 0 unspecified atom stereocenters. The van der Waals surface area contributed by atoms with Crippen LogP contribution in [0.2, 0.25) is 0 Å². The molecule has 0 aromatic rings. The van der Waals surface area contributed by atoms with E-state index in [0.29, 0.717) is 6.54 Å². The molecule has 12 heavy (non-hydrogen) atoms. The number of aliphatic hydroxyl groups excluding tert-OH is 1. The Bertz CT molecular complexity index is 137. The maximum atomic E-state index is 10.5. The zero-order valence-electron chi connectivity index (χ0n) is 7.03. The molecule has 0 aliphatic carbocycles. The van der Waals surface area contributed by atoms with E-state index in [1.807, 2.05) is 0 Å². The summed E-state index contributed by atoms with van der Waals surface area (Å²) in [6.45, 7) is 2.35. The molecule has 0 saturated heterocycles. The fraction of sp³-hybridized carbons (Fsp3) is 0.857. The highest BCUT2D eigenvalue weighted by Gasteiger charge is 2.16. The van der Waals surface area contributed by atoms with Crippen LogP contribution in [0.1, 0.15) is 19.8 Å². The number of carboxylic acids is 1. The van der Waals surface area contributed by atoms with Crippen LogP contribution >= 0.6 is 0 Å². The van der Waals surface area contributed by atoms with Crippen molar-refractivity contribution in [3.63, 3.8) is 0 Å². The van der Waals surface area contributed by atoms with Crippen LogP contribution in [-0.4, -0.2) is 40.2 Å². The van der Waals surface area contributed by atoms with Gasteiger partial charge in [0.1, 0.15) is 6.04 Å². The molecule has 4 N–H and O–H groups in total. The van der Waals surface area contributed by atoms with Crippen molar-refractivity contribution in [3.8, 4) is 0 Å². The lowest BCUT2D eigenvalue weighted by Crippen LogP contribution is -2.37. The molecule has 0 bridgehead atoms. The lowest BCUT2D eigenvalue weighted by Gasteiger charge is -2.12. The van der Waals surface area contributed by atoms with Crippen LogP contribution < -0.4 is 5.32 Å². The van der Waals surface area contributed by atoms with Crippen molar-refractivity contribution in [3.05, 3.63) is 0 Å². The van der Waals surface area contributed by atoms with E-state index in [2.05, 4.69) is 5.32 Å². The average Bonchev–Trinajstić information content (AvgIpc) is 1.96. The van der Waals surface area contributed by atoms with Gasteiger partial charge in [0.25, 0.3) is 0 Å². The van der Waals surface area contributed by atoms with Crippen LogP contribution in [0, 0.1) is 0 Å². The number of carboxylic acid groups (broad SMARTS) is 1. The lowest BCUT2D eigenvalue weighted by molar-refractivity contribution is -0.140. The first-order valence-electron chi connectivity index (χ1n) is 3.90. The van der Waals surface area contributed by atoms with Crippen LogP contribution in [0.4, 0.5) is 0 Å². The Morgan fingerprint density at radius 1 is 1.42 bits per heavy atom. The van der Waals surface area contributed by atoms with E-state index in [0.717, 1.165) is 0 Å². The minimum Gasteiger partial charge on any atom is -0.480 e. The van der Waals surface area contributed by atoms with E-state index in [1.165, 1.54) is 0 Å². The number of hydrogen-bond donors (Lipinski definition) is 4. The number of rotatable bonds is 6. The molecule has 1 atom stereocenters. The first-order valence-corrected chi connectivity index (χ1v) is 3.90. The minimum atomic E-state index is -1.43. The highest BCUT2D eigenvalue weighted by molar-refractivity contribution is 5.73. The predicted octanol–water partition coefficient (Wildman–Crippen LogP) is -0.860. The normalized spacial score (nSPS) is 13.3. The van der Waals surface area contributed by atoms with Gasteiger partial charge in [0.05, 0.1) is 0 Å². The van der Waals surface area contributed by atoms with Gasteiger partial charge in [0, 0.05) is 0 Å². The van der Waals surface area contributed by atoms with Crippen molar-refractivity contribution >= 4 is 5.97 Å². The van der Waals surface area contributed by atoms with Crippen molar-refractivity contribution in [2.24, 2.45) is 0 Å². The zero-order valence-corrected chi connectivity index (χ0v) is 7.03. The fourth-order valence-corrected chi connectivity index (χ4v) is 0.875. The highest BCUT2D eigenvalue weighted by Crippen LogP contribution is 1.99. The van der Waals surface area contributed by atoms with Gasteiger partial charge in [-0.25, -0.2) is 0 Å². The molecule has 0 fully saturated rings. The number of carbonyl (C=O) groups is 1. The third-order valence-corrected chi connectivity index (χ3v) is 1.46. The smallest absolute Gasteiger partial charge is 0.320 e. The summed E-state index contributed by atoms with van der Waals surface area (Å²) in [5, 5.41) is 28.3. The second kappa shape index (κ2) is 5.93. The third kappa shape index (κ3) is 5.06. The van der Waals surface area contributed by atoms with E-state index in [1.54, 1.807) is 6.92 Å². The molecule has 0 aromatic heterocycles. The fourth-order valence-electron chi connectivity index (χ4n) is 0.875. The van der Waals surface area contributed by atoms with Crippen molar-refractivity contribution in [2.75, 3.05) is 6.54 Å². The molecule has 0 amide bonds. The summed E-state index contributed by atoms with van der Waals surface area (Å²) in [5.74, 6) is -0.961. The molecule has 0 saturated carbocycles. The van der Waals surface area contributed by atoms with Gasteiger partial charge < -0.3 is 20.6 Å². The summed E-state index contributed by atoms with van der Waals surface area (Å²) >= 11 is 0. The first kappa shape index (κ1) is 11.4. The zero-order chi connectivity index (χ0) is 9.56. The summed E-state index contributed by atoms with van der Waals surface area (Å²) in [4.78, 5) is 10.5. The number of likely N-dealkylation sites (N-methyl/N-ethyl adjacent to an activating group) is 1. The Morgan fingerprint density at radius 3 is 2.33 bits per heavy atom. The van der Waals surface area contributed by atoms with E-state index < -0.39 is 18.3 Å². The highest BCUT2D eigenvalue weighted by atomic mass is 16.5. The third-order valence-electron chi connectivity index (χ3n) is 1.46. The van der Waals surface area contributed by atoms with Crippen LogP contribution in [0.5, 0.6) is 0 Å². The van der Waals surface area contributed by atoms with Crippen LogP contribution in [0.15, 0.2) is 0 Å². The van der Waals surface area contributed by atoms with E-state index >= 15 is 0 Å². The number of aliphatic carboxylic acids is 1. The van der Waals surface area contributed by atoms with E-state index in [4.69, 9.17) is 15.3 Å². The summed E-state index contributed by atoms with van der Waals surface area (Å²) < 4.78 is 0. The van der Waals surface area contributed by atoms with Gasteiger partial charge in [-0.3, -0.25) is 4.79 Å². The molecule has 0 aliphatic heterocycles. The molecule has 0 radical (unpaired) electrons. The molecule has 0 aliphatic rings. The Kier molecular flexibility index (Phi) is 5.61. The first-order chi connectivity index (χ1) is 5.57. The predicted molar refractivity (Wildman–Crippen MR) is 42.6 cm³/mol. The average molecular weight is 177 g/mol. The topological polar surface area (TPSA) is 89.8 Å². The molecule has 72 valence electrons. The molecule has 0 aromatic carbocycles. The van der Waals surface area contributed by atoms with Crippen molar-refractivity contribution in [1.82, 2.24) is 5.32 Å². The van der Waals surface area contributed by atoms with Crippen LogP contribution in [0.3, 0.4) is 0 Å². The summed E-state index contributed by atoms with van der Waals surface area (Å²) in [5.41, 5.74) is 0. The van der Waals surface area contributed by atoms with E-state index in [-0.39, 0.29) is 12.8 Å². The molecular formula is C7H15NO4. The standard InChI is InChI=1S/C7H15NO4/c1-2-8-5(7(11)12)3-4-6(9)10/h5-6,8-10H,2-4H2,1H3,(H,11,12)/t5-/m1/s1. The number of hydrogen-bond acceptors (Lipinski definition) is 4. The van der Waals surface area contributed by atoms with Gasteiger partial charge in [0.15, 0.2) is 6.29 Å². The van der Waals surface area contributed by atoms with Gasteiger partial charge in [-0.2, -0.15) is 0 Å². The van der Waals surface area contributed by atoms with Gasteiger partial charge in [-0.1, -0.05) is 6.92 Å². The Labute approximate surface area is 71.0 Å². The van der Waals surface area contributed by atoms with Crippen molar-refractivity contribution < 1.29 is 20.1 Å². The molecule has 0 spiro atoms. The molecule has 5 heteroatoms. The summed E-state index contributed by atoms with van der Waals surface area (Å²) in [6.07, 6.45) is -1.13. The second-order valence-electron chi connectivity index (χ2n) is 2.51. The van der Waals surface area contributed by atoms with Gasteiger partial charge in [-0.15, -0.1) is 0 Å². The molecule has 0 heterocycles. The minimum absolute atomic E-state index is 0.0734. The Hall–Kier alpha value is -0.650. The lowest BCUT2D eigenvalue weighted by atomic mass is 10.1.